The summed E-state index contributed by atoms with van der Waals surface area (Å²) in [5.74, 6) is 2.89. The van der Waals surface area contributed by atoms with Crippen LogP contribution in [-0.4, -0.2) is 141 Å². The van der Waals surface area contributed by atoms with Crippen LogP contribution in [0.4, 0.5) is 5.69 Å². The monoisotopic (exact) mass is 1810 g/mol. The van der Waals surface area contributed by atoms with Gasteiger partial charge in [0.05, 0.1) is 80.8 Å². The van der Waals surface area contributed by atoms with Crippen LogP contribution in [-0.2, 0) is 6.54 Å². The summed E-state index contributed by atoms with van der Waals surface area (Å²) in [4.78, 5) is 80.2. The number of nitrogens with one attached hydrogen (secondary N) is 9. The van der Waals surface area contributed by atoms with Gasteiger partial charge in [0.15, 0.2) is 23.3 Å². The van der Waals surface area contributed by atoms with Crippen molar-refractivity contribution in [3.05, 3.63) is 281 Å². The lowest BCUT2D eigenvalue weighted by molar-refractivity contribution is 0.724. The molecule has 656 valence electrons. The van der Waals surface area contributed by atoms with Crippen LogP contribution in [0.3, 0.4) is 0 Å². The number of hydrogen-bond acceptors (Lipinski definition) is 22. The largest absolute Gasteiger partial charge is 0.376 e. The van der Waals surface area contributed by atoms with Gasteiger partial charge < -0.3 is 30.2 Å². The molecule has 24 aromatic rings. The number of aryl methyl sites for hydroxylation is 5. The Bertz CT molecular complexity index is 8240. The molecule has 0 fully saturated rings. The molecule has 24 rings (SSSR count). The summed E-state index contributed by atoms with van der Waals surface area (Å²) in [7, 11) is 4.03. The number of fused-ring (bicyclic) bond motifs is 8. The Balaban J connectivity index is 0.000000122. The molecule has 26 nitrogen and oxygen atoms in total. The van der Waals surface area contributed by atoms with Crippen LogP contribution in [0.15, 0.2) is 251 Å². The highest BCUT2D eigenvalue weighted by Crippen LogP contribution is 2.42. The lowest BCUT2D eigenvalue weighted by Crippen LogP contribution is -2.11. The predicted octanol–water partition coefficient (Wildman–Crippen LogP) is 25.4. The zero-order chi connectivity index (χ0) is 86.6. The van der Waals surface area contributed by atoms with E-state index in [1.807, 2.05) is 136 Å². The minimum absolute atomic E-state index is 0. The van der Waals surface area contributed by atoms with Crippen molar-refractivity contribution in [2.24, 2.45) is 0 Å². The normalized spacial score (nSPS) is 11.2. The van der Waals surface area contributed by atoms with Gasteiger partial charge in [-0.25, -0.2) is 19.9 Å². The topological polar surface area (TPSA) is 348 Å². The zero-order valence-corrected chi connectivity index (χ0v) is 73.6. The van der Waals surface area contributed by atoms with E-state index in [9.17, 15) is 0 Å². The standard InChI is InChI=1S/C26H23N7S.C25H21N7S.C24H18N6S.C23H16N6S.4CH4/c1-3-27-10-16-8-18(12-28-11-16)17-5-6-21-19(9-17)25(33-32-21)26-30-22-14-29-13-20(24(22)31-26)23-7-4-15(2)34-23;1-14-4-7-22(33-14)19-12-27-13-21-23(19)29-25(28-21)24-18-9-15(5-6-20(18)30-31-24)16-8-17(32(2)3)11-26-10-16;1-13-7-8-25-10-17(13)15-4-5-19-16(9-15)23(30-29-19)24-27-20-12-26-11-18(22(20)28-24)21-6-3-14(2)31-21;1-13-4-7-20(30-13)17-11-25-12-19-21(17)27-23(26-19)22-16-9-14(5-6-18(16)28-29-22)15-3-2-8-24-10-15;;;;/h4-9,11-14,27H,3,10H2,1-2H3,(H,30,31)(H,32,33);4-13H,1-3H3,(H,28,29)(H,30,31);3-12H,1-2H3,(H,27,28)(H,29,30);2-12H,1H3,(H,26,27)(H,28,29);4*1H4. The van der Waals surface area contributed by atoms with Gasteiger partial charge in [-0.15, -0.1) is 45.3 Å². The fourth-order valence-corrected chi connectivity index (χ4v) is 19.4. The summed E-state index contributed by atoms with van der Waals surface area (Å²) in [5, 5.41) is 38.2. The minimum Gasteiger partial charge on any atom is -0.376 e. The first kappa shape index (κ1) is 88.4. The van der Waals surface area contributed by atoms with Gasteiger partial charge in [0, 0.05) is 194 Å². The van der Waals surface area contributed by atoms with E-state index in [2.05, 4.69) is 275 Å². The van der Waals surface area contributed by atoms with Crippen molar-refractivity contribution in [3.63, 3.8) is 0 Å². The van der Waals surface area contributed by atoms with Crippen molar-refractivity contribution < 1.29 is 0 Å². The van der Waals surface area contributed by atoms with Crippen LogP contribution in [0.25, 0.3) is 220 Å². The third-order valence-corrected chi connectivity index (χ3v) is 26.5. The number of benzene rings is 4. The first-order chi connectivity index (χ1) is 62.7. The van der Waals surface area contributed by atoms with Gasteiger partial charge in [-0.05, 0) is 196 Å². The molecule has 0 saturated carbocycles. The van der Waals surface area contributed by atoms with Crippen molar-refractivity contribution in [2.75, 3.05) is 25.5 Å². The van der Waals surface area contributed by atoms with Crippen molar-refractivity contribution >= 4 is 139 Å². The molecular formula is C102H94N26S4. The summed E-state index contributed by atoms with van der Waals surface area (Å²) in [5.41, 5.74) is 30.4. The van der Waals surface area contributed by atoms with Gasteiger partial charge in [0.1, 0.15) is 44.8 Å². The highest BCUT2D eigenvalue weighted by molar-refractivity contribution is 7.16. The van der Waals surface area contributed by atoms with Crippen LogP contribution < -0.4 is 10.2 Å². The Morgan fingerprint density at radius 1 is 0.303 bits per heavy atom. The van der Waals surface area contributed by atoms with Gasteiger partial charge in [-0.3, -0.25) is 60.3 Å². The van der Waals surface area contributed by atoms with Gasteiger partial charge in [0.25, 0.3) is 0 Å². The predicted molar refractivity (Wildman–Crippen MR) is 544 cm³/mol. The quantitative estimate of drug-likeness (QED) is 0.0434. The highest BCUT2D eigenvalue weighted by Gasteiger charge is 2.24. The summed E-state index contributed by atoms with van der Waals surface area (Å²) >= 11 is 6.97. The Labute approximate surface area is 776 Å². The summed E-state index contributed by atoms with van der Waals surface area (Å²) < 4.78 is 0. The van der Waals surface area contributed by atoms with Crippen molar-refractivity contribution in [2.45, 2.75) is 77.8 Å². The molecule has 0 atom stereocenters. The van der Waals surface area contributed by atoms with Crippen LogP contribution in [0.5, 0.6) is 0 Å². The van der Waals surface area contributed by atoms with Crippen molar-refractivity contribution in [1.29, 1.82) is 0 Å². The second kappa shape index (κ2) is 37.6. The smallest absolute Gasteiger partial charge is 0.159 e. The number of aromatic nitrogens is 24. The molecule has 20 heterocycles. The average molecular weight is 1810 g/mol. The van der Waals surface area contributed by atoms with Crippen molar-refractivity contribution in [3.8, 4) is 132 Å². The number of anilines is 1. The summed E-state index contributed by atoms with van der Waals surface area (Å²) in [6.45, 7) is 14.3. The first-order valence-electron chi connectivity index (χ1n) is 41.3. The summed E-state index contributed by atoms with van der Waals surface area (Å²) in [6, 6.07) is 52.4. The van der Waals surface area contributed by atoms with Gasteiger partial charge in [0.2, 0.25) is 0 Å². The molecule has 0 spiro atoms. The second-order valence-electron chi connectivity index (χ2n) is 31.3. The van der Waals surface area contributed by atoms with E-state index in [-0.39, 0.29) is 29.7 Å². The fourth-order valence-electron chi connectivity index (χ4n) is 15.8. The Hall–Kier alpha value is -15.6. The molecule has 0 unspecified atom stereocenters. The maximum absolute atomic E-state index is 4.95. The molecule has 0 radical (unpaired) electrons. The number of imidazole rings is 4. The first-order valence-corrected chi connectivity index (χ1v) is 44.6. The average Bonchev–Trinajstić information content (AvgIpc) is 1.62. The molecule has 0 aliphatic carbocycles. The van der Waals surface area contributed by atoms with E-state index < -0.39 is 0 Å². The third kappa shape index (κ3) is 17.3. The van der Waals surface area contributed by atoms with Crippen LogP contribution >= 0.6 is 45.3 Å². The number of hydrogen-bond donors (Lipinski definition) is 9. The number of nitrogens with zero attached hydrogens (tertiary/aromatic N) is 17. The third-order valence-electron chi connectivity index (χ3n) is 22.4. The molecule has 0 saturated heterocycles. The van der Waals surface area contributed by atoms with Crippen LogP contribution in [0, 0.1) is 34.6 Å². The van der Waals surface area contributed by atoms with E-state index >= 15 is 0 Å². The second-order valence-corrected chi connectivity index (χ2v) is 36.4. The molecule has 20 aromatic heterocycles. The SMILES string of the molecule is C.C.C.C.CCNCc1cncc(-c2ccc3[nH]nc(-c4nc5c(-c6ccc(C)s6)cncc5[nH]4)c3c2)c1.Cc1ccc(-c2cncc3[nH]c(-c4n[nH]c5ccc(-c6cccnc6)cc45)nc23)s1.Cc1ccc(-c2cncc3[nH]c(-c4n[nH]c5ccc(-c6cncc(N(C)C)c6)cc45)nc23)s1.Cc1ccc(-c2cncc3[nH]c(-c4n[nH]c5ccc(-c6cnccc6C)cc45)nc23)s1. The van der Waals surface area contributed by atoms with E-state index in [4.69, 9.17) is 19.9 Å². The number of aromatic amines is 8. The number of H-pyrrole nitrogens is 8. The fraction of sp³-hybridized carbons (Fsp3) is 0.137. The van der Waals surface area contributed by atoms with Gasteiger partial charge in [-0.2, -0.15) is 20.4 Å². The molecular weight excluding hydrogens is 1720 g/mol. The van der Waals surface area contributed by atoms with Gasteiger partial charge >= 0.3 is 0 Å². The molecule has 132 heavy (non-hydrogen) atoms. The van der Waals surface area contributed by atoms with Crippen molar-refractivity contribution in [1.82, 2.24) is 126 Å². The highest BCUT2D eigenvalue weighted by atomic mass is 32.1. The number of thiophene rings is 4. The number of rotatable bonds is 16. The van der Waals surface area contributed by atoms with E-state index in [1.165, 1.54) is 25.1 Å². The maximum atomic E-state index is 4.95. The summed E-state index contributed by atoms with van der Waals surface area (Å²) in [6.07, 6.45) is 29.7. The molecule has 0 aliphatic rings. The lowest BCUT2D eigenvalue weighted by atomic mass is 10.0. The Morgan fingerprint density at radius 2 is 0.644 bits per heavy atom. The van der Waals surface area contributed by atoms with E-state index in [0.717, 1.165) is 244 Å². The zero-order valence-electron chi connectivity index (χ0n) is 70.3. The molecule has 9 N–H and O–H groups in total. The van der Waals surface area contributed by atoms with E-state index in [0.29, 0.717) is 0 Å². The van der Waals surface area contributed by atoms with Gasteiger partial charge in [-0.1, -0.05) is 67.0 Å². The van der Waals surface area contributed by atoms with Crippen LogP contribution in [0.2, 0.25) is 0 Å². The minimum atomic E-state index is 0. The maximum Gasteiger partial charge on any atom is 0.159 e. The number of pyridine rings is 8. The molecule has 0 bridgehead atoms. The van der Waals surface area contributed by atoms with Crippen LogP contribution in [0.1, 0.15) is 67.3 Å². The Kier molecular flexibility index (Phi) is 25.2. The lowest BCUT2D eigenvalue weighted by Gasteiger charge is -2.13. The molecule has 30 heteroatoms. The Morgan fingerprint density at radius 3 is 1.00 bits per heavy atom. The molecule has 0 aliphatic heterocycles. The van der Waals surface area contributed by atoms with E-state index in [1.54, 1.807) is 51.5 Å². The molecule has 4 aromatic carbocycles. The molecule has 0 amide bonds.